The van der Waals surface area contributed by atoms with Crippen molar-refractivity contribution in [2.24, 2.45) is 17.3 Å². The molecule has 146 valence electrons. The van der Waals surface area contributed by atoms with Crippen molar-refractivity contribution in [3.05, 3.63) is 0 Å². The average molecular weight is 405 g/mol. The lowest BCUT2D eigenvalue weighted by Gasteiger charge is -2.40. The molecule has 1 unspecified atom stereocenters. The Morgan fingerprint density at radius 3 is 2.35 bits per heavy atom. The number of esters is 1. The fourth-order valence-electron chi connectivity index (χ4n) is 3.95. The van der Waals surface area contributed by atoms with E-state index >= 15 is 0 Å². The molecule has 0 radical (unpaired) electrons. The number of ether oxygens (including phenoxy) is 1. The molecule has 0 aromatic carbocycles. The van der Waals surface area contributed by atoms with Crippen molar-refractivity contribution < 1.29 is 19.1 Å². The number of nitrogens with one attached hydrogen (secondary N) is 1. The van der Waals surface area contributed by atoms with E-state index in [-0.39, 0.29) is 30.4 Å². The van der Waals surface area contributed by atoms with E-state index in [1.807, 2.05) is 0 Å². The second-order valence-corrected chi connectivity index (χ2v) is 10.4. The molecule has 1 aliphatic heterocycles. The van der Waals surface area contributed by atoms with Gasteiger partial charge in [-0.2, -0.15) is 0 Å². The molecule has 3 rings (SSSR count). The van der Waals surface area contributed by atoms with Crippen LogP contribution in [0, 0.1) is 17.3 Å². The van der Waals surface area contributed by atoms with Crippen molar-refractivity contribution in [2.45, 2.75) is 62.7 Å². The third-order valence-corrected chi connectivity index (χ3v) is 6.92. The fourth-order valence-corrected chi connectivity index (χ4v) is 4.45. The van der Waals surface area contributed by atoms with Gasteiger partial charge in [-0.25, -0.2) is 4.79 Å². The summed E-state index contributed by atoms with van der Waals surface area (Å²) in [7, 11) is 0. The van der Waals surface area contributed by atoms with Gasteiger partial charge in [0, 0.05) is 5.92 Å². The van der Waals surface area contributed by atoms with Crippen LogP contribution in [0.25, 0.3) is 0 Å². The van der Waals surface area contributed by atoms with Gasteiger partial charge in [-0.3, -0.25) is 14.5 Å². The van der Waals surface area contributed by atoms with E-state index in [9.17, 15) is 14.4 Å². The highest BCUT2D eigenvalue weighted by Crippen LogP contribution is 2.53. The van der Waals surface area contributed by atoms with Crippen LogP contribution < -0.4 is 5.32 Å². The highest BCUT2D eigenvalue weighted by molar-refractivity contribution is 6.50. The summed E-state index contributed by atoms with van der Waals surface area (Å²) in [5.41, 5.74) is -0.684. The van der Waals surface area contributed by atoms with Crippen molar-refractivity contribution in [3.8, 4) is 0 Å². The lowest BCUT2D eigenvalue weighted by atomic mass is 9.67. The number of halogens is 2. The van der Waals surface area contributed by atoms with Gasteiger partial charge in [-0.05, 0) is 43.4 Å². The van der Waals surface area contributed by atoms with Gasteiger partial charge in [-0.1, -0.05) is 20.8 Å². The number of amides is 3. The molecule has 0 bridgehead atoms. The monoisotopic (exact) mass is 404 g/mol. The first-order chi connectivity index (χ1) is 11.9. The molecule has 1 heterocycles. The molecule has 3 fully saturated rings. The van der Waals surface area contributed by atoms with Crippen molar-refractivity contribution >= 4 is 41.1 Å². The Hall–Kier alpha value is -1.01. The van der Waals surface area contributed by atoms with Crippen molar-refractivity contribution in [3.63, 3.8) is 0 Å². The number of nitrogens with zero attached hydrogens (tertiary/aromatic N) is 1. The summed E-state index contributed by atoms with van der Waals surface area (Å²) in [6, 6.07) is -0.517. The fraction of sp³-hybridized carbons (Fsp3) is 0.833. The first-order valence-electron chi connectivity index (χ1n) is 9.12. The molecule has 2 saturated carbocycles. The van der Waals surface area contributed by atoms with Gasteiger partial charge < -0.3 is 10.1 Å². The standard InChI is InChI=1S/C18H26Cl2N2O4/c1-16(2,3)11-4-6-17(7-5-11)14(24)22(15(25)21-17)9-13(23)26-10-12-8-18(12,19)20/h11-12H,4-10H2,1-3H3,(H,21,25). The molecule has 6 nitrogen and oxygen atoms in total. The van der Waals surface area contributed by atoms with Crippen LogP contribution in [0.5, 0.6) is 0 Å². The number of carbonyl (C=O) groups is 3. The highest BCUT2D eigenvalue weighted by Gasteiger charge is 2.54. The van der Waals surface area contributed by atoms with Crippen LogP contribution in [-0.4, -0.2) is 45.8 Å². The first kappa shape index (κ1) is 19.7. The van der Waals surface area contributed by atoms with Crippen LogP contribution in [0.2, 0.25) is 0 Å². The Labute approximate surface area is 163 Å². The van der Waals surface area contributed by atoms with E-state index in [1.165, 1.54) is 0 Å². The SMILES string of the molecule is CC(C)(C)C1CCC2(CC1)NC(=O)N(CC(=O)OCC1CC1(Cl)Cl)C2=O. The maximum Gasteiger partial charge on any atom is 0.326 e. The lowest BCUT2D eigenvalue weighted by Crippen LogP contribution is -2.50. The molecule has 0 aromatic rings. The zero-order valence-electron chi connectivity index (χ0n) is 15.4. The minimum atomic E-state index is -0.864. The molecule has 3 amide bonds. The summed E-state index contributed by atoms with van der Waals surface area (Å²) in [4.78, 5) is 38.1. The topological polar surface area (TPSA) is 75.7 Å². The smallest absolute Gasteiger partial charge is 0.326 e. The number of hydrogen-bond donors (Lipinski definition) is 1. The van der Waals surface area contributed by atoms with Gasteiger partial charge in [0.25, 0.3) is 5.91 Å². The van der Waals surface area contributed by atoms with Crippen molar-refractivity contribution in [2.75, 3.05) is 13.2 Å². The molecular weight excluding hydrogens is 379 g/mol. The largest absolute Gasteiger partial charge is 0.464 e. The molecule has 3 aliphatic rings. The van der Waals surface area contributed by atoms with E-state index in [0.29, 0.717) is 25.2 Å². The van der Waals surface area contributed by atoms with Crippen LogP contribution >= 0.6 is 23.2 Å². The number of urea groups is 1. The Balaban J connectivity index is 1.55. The van der Waals surface area contributed by atoms with E-state index in [1.54, 1.807) is 0 Å². The van der Waals surface area contributed by atoms with Gasteiger partial charge in [0.05, 0.1) is 6.61 Å². The number of carbonyl (C=O) groups excluding carboxylic acids is 3. The second kappa shape index (κ2) is 6.55. The Morgan fingerprint density at radius 1 is 1.27 bits per heavy atom. The highest BCUT2D eigenvalue weighted by atomic mass is 35.5. The minimum Gasteiger partial charge on any atom is -0.464 e. The summed E-state index contributed by atoms with van der Waals surface area (Å²) in [6.45, 7) is 6.32. The molecule has 1 spiro atoms. The van der Waals surface area contributed by atoms with Crippen LogP contribution in [0.3, 0.4) is 0 Å². The maximum atomic E-state index is 12.8. The van der Waals surface area contributed by atoms with Crippen LogP contribution in [0.1, 0.15) is 52.9 Å². The van der Waals surface area contributed by atoms with E-state index < -0.39 is 21.9 Å². The summed E-state index contributed by atoms with van der Waals surface area (Å²) >= 11 is 11.8. The summed E-state index contributed by atoms with van der Waals surface area (Å²) in [5.74, 6) is -0.508. The predicted octanol–water partition coefficient (Wildman–Crippen LogP) is 3.25. The Morgan fingerprint density at radius 2 is 1.85 bits per heavy atom. The van der Waals surface area contributed by atoms with Gasteiger partial charge in [-0.15, -0.1) is 23.2 Å². The number of hydrogen-bond acceptors (Lipinski definition) is 4. The quantitative estimate of drug-likeness (QED) is 0.443. The third-order valence-electron chi connectivity index (χ3n) is 6.00. The van der Waals surface area contributed by atoms with E-state index in [4.69, 9.17) is 27.9 Å². The first-order valence-corrected chi connectivity index (χ1v) is 9.88. The molecular formula is C18H26Cl2N2O4. The van der Waals surface area contributed by atoms with Crippen molar-refractivity contribution in [1.29, 1.82) is 0 Å². The lowest BCUT2D eigenvalue weighted by molar-refractivity contribution is -0.148. The van der Waals surface area contributed by atoms with Crippen molar-refractivity contribution in [1.82, 2.24) is 10.2 Å². The maximum absolute atomic E-state index is 12.8. The third kappa shape index (κ3) is 3.81. The average Bonchev–Trinajstić information content (AvgIpc) is 3.09. The number of alkyl halides is 2. The van der Waals surface area contributed by atoms with Gasteiger partial charge in [0.15, 0.2) is 0 Å². The van der Waals surface area contributed by atoms with Gasteiger partial charge in [0.2, 0.25) is 0 Å². The van der Waals surface area contributed by atoms with Gasteiger partial charge in [0.1, 0.15) is 16.4 Å². The van der Waals surface area contributed by atoms with Gasteiger partial charge >= 0.3 is 12.0 Å². The summed E-state index contributed by atoms with van der Waals surface area (Å²) < 4.78 is 4.29. The summed E-state index contributed by atoms with van der Waals surface area (Å²) in [5, 5.41) is 2.82. The molecule has 8 heteroatoms. The molecule has 0 aromatic heterocycles. The Bertz CT molecular complexity index is 621. The Kier molecular flexibility index (Phi) is 4.98. The molecule has 1 N–H and O–H groups in total. The summed E-state index contributed by atoms with van der Waals surface area (Å²) in [6.07, 6.45) is 3.54. The zero-order valence-corrected chi connectivity index (χ0v) is 17.0. The second-order valence-electron chi connectivity index (χ2n) is 8.89. The molecule has 1 saturated heterocycles. The normalized spacial score (nSPS) is 33.3. The molecule has 26 heavy (non-hydrogen) atoms. The predicted molar refractivity (Wildman–Crippen MR) is 97.9 cm³/mol. The zero-order chi connectivity index (χ0) is 19.3. The van der Waals surface area contributed by atoms with E-state index in [2.05, 4.69) is 26.1 Å². The van der Waals surface area contributed by atoms with Crippen LogP contribution in [0.15, 0.2) is 0 Å². The molecule has 2 aliphatic carbocycles. The van der Waals surface area contributed by atoms with Crippen LogP contribution in [0.4, 0.5) is 4.79 Å². The number of imide groups is 1. The van der Waals surface area contributed by atoms with E-state index in [0.717, 1.165) is 17.7 Å². The minimum absolute atomic E-state index is 0.0862. The number of rotatable bonds is 4. The van der Waals surface area contributed by atoms with Crippen LogP contribution in [-0.2, 0) is 14.3 Å². The molecule has 1 atom stereocenters.